The molecule has 7 nitrogen and oxygen atoms in total. The average Bonchev–Trinajstić information content (AvgIpc) is 2.55. The number of carbonyl (C=O) groups is 1. The molecular formula is C17H17N3O4. The van der Waals surface area contributed by atoms with E-state index in [2.05, 4.69) is 10.5 Å². The molecule has 1 N–H and O–H groups in total. The van der Waals surface area contributed by atoms with Crippen molar-refractivity contribution < 1.29 is 14.6 Å². The van der Waals surface area contributed by atoms with Crippen molar-refractivity contribution in [1.82, 2.24) is 0 Å². The van der Waals surface area contributed by atoms with Crippen molar-refractivity contribution in [3.63, 3.8) is 0 Å². The smallest absolute Gasteiger partial charge is 0.271 e. The Balaban J connectivity index is 1.88. The lowest BCUT2D eigenvalue weighted by atomic mass is 10.1. The van der Waals surface area contributed by atoms with Crippen molar-refractivity contribution in [2.75, 3.05) is 5.32 Å². The summed E-state index contributed by atoms with van der Waals surface area (Å²) in [6.07, 6.45) is 0.990. The van der Waals surface area contributed by atoms with Gasteiger partial charge in [-0.15, -0.1) is 0 Å². The van der Waals surface area contributed by atoms with E-state index < -0.39 is 10.8 Å². The first-order valence-corrected chi connectivity index (χ1v) is 7.22. The van der Waals surface area contributed by atoms with Crippen LogP contribution in [0.15, 0.2) is 47.6 Å². The van der Waals surface area contributed by atoms with Crippen LogP contribution in [0.1, 0.15) is 16.7 Å². The Morgan fingerprint density at radius 2 is 2.08 bits per heavy atom. The molecule has 0 spiro atoms. The number of nitro groups is 1. The Hall–Kier alpha value is -3.22. The maximum atomic E-state index is 11.7. The number of hydrogen-bond donors (Lipinski definition) is 1. The normalized spacial score (nSPS) is 10.6. The van der Waals surface area contributed by atoms with E-state index in [-0.39, 0.29) is 12.3 Å². The van der Waals surface area contributed by atoms with Crippen LogP contribution in [0.25, 0.3) is 0 Å². The molecule has 0 aromatic heterocycles. The molecule has 0 heterocycles. The van der Waals surface area contributed by atoms with Crippen LogP contribution in [0, 0.1) is 24.0 Å². The maximum absolute atomic E-state index is 11.7. The third kappa shape index (κ3) is 4.91. The van der Waals surface area contributed by atoms with Gasteiger partial charge in [0.1, 0.15) is 12.8 Å². The van der Waals surface area contributed by atoms with Gasteiger partial charge in [-0.2, -0.15) is 0 Å². The molecule has 0 saturated heterocycles. The van der Waals surface area contributed by atoms with Crippen LogP contribution in [0.3, 0.4) is 0 Å². The molecule has 2 aromatic rings. The largest absolute Gasteiger partial charge is 0.391 e. The average molecular weight is 327 g/mol. The first-order valence-electron chi connectivity index (χ1n) is 7.22. The number of anilines is 1. The lowest BCUT2D eigenvalue weighted by molar-refractivity contribution is -0.384. The van der Waals surface area contributed by atoms with Gasteiger partial charge in [-0.25, -0.2) is 0 Å². The molecule has 0 fully saturated rings. The van der Waals surface area contributed by atoms with E-state index in [1.807, 2.05) is 32.0 Å². The second kappa shape index (κ2) is 7.87. The predicted octanol–water partition coefficient (Wildman–Crippen LogP) is 3.35. The monoisotopic (exact) mass is 327 g/mol. The minimum absolute atomic E-state index is 0.101. The van der Waals surface area contributed by atoms with Crippen LogP contribution in [0.2, 0.25) is 0 Å². The Morgan fingerprint density at radius 3 is 2.83 bits per heavy atom. The molecule has 0 bridgehead atoms. The molecule has 124 valence electrons. The van der Waals surface area contributed by atoms with Crippen LogP contribution < -0.4 is 5.32 Å². The molecule has 0 radical (unpaired) electrons. The summed E-state index contributed by atoms with van der Waals surface area (Å²) in [5.74, 6) is -0.531. The van der Waals surface area contributed by atoms with E-state index >= 15 is 0 Å². The van der Waals surface area contributed by atoms with Crippen molar-refractivity contribution in [2.24, 2.45) is 5.16 Å². The van der Waals surface area contributed by atoms with Gasteiger partial charge in [0, 0.05) is 17.8 Å². The molecule has 24 heavy (non-hydrogen) atoms. The number of benzene rings is 2. The Morgan fingerprint density at radius 1 is 1.29 bits per heavy atom. The highest BCUT2D eigenvalue weighted by Crippen LogP contribution is 2.16. The summed E-state index contributed by atoms with van der Waals surface area (Å²) in [5.41, 5.74) is 3.40. The van der Waals surface area contributed by atoms with Crippen molar-refractivity contribution in [3.05, 3.63) is 69.3 Å². The zero-order valence-electron chi connectivity index (χ0n) is 13.4. The van der Waals surface area contributed by atoms with Crippen molar-refractivity contribution >= 4 is 23.5 Å². The molecule has 0 atom stereocenters. The van der Waals surface area contributed by atoms with Gasteiger partial charge in [-0.05, 0) is 31.0 Å². The topological polar surface area (TPSA) is 93.8 Å². The van der Waals surface area contributed by atoms with Gasteiger partial charge in [0.05, 0.1) is 4.92 Å². The summed E-state index contributed by atoms with van der Waals surface area (Å²) in [4.78, 5) is 27.0. The third-order valence-corrected chi connectivity index (χ3v) is 3.29. The van der Waals surface area contributed by atoms with Crippen molar-refractivity contribution in [2.45, 2.75) is 20.5 Å². The molecule has 0 aliphatic heterocycles. The van der Waals surface area contributed by atoms with E-state index in [1.165, 1.54) is 18.2 Å². The number of nitrogens with zero attached hydrogens (tertiary/aromatic N) is 2. The SMILES string of the molecule is Cc1ccc(C)c(CO/N=C\C(=O)Nc2cccc([N+](=O)[O-])c2)c1. The summed E-state index contributed by atoms with van der Waals surface area (Å²) in [5, 5.41) is 16.8. The fourth-order valence-electron chi connectivity index (χ4n) is 2.02. The van der Waals surface area contributed by atoms with Gasteiger partial charge in [-0.1, -0.05) is 35.0 Å². The molecule has 1 amide bonds. The first-order chi connectivity index (χ1) is 11.5. The van der Waals surface area contributed by atoms with Crippen molar-refractivity contribution in [1.29, 1.82) is 0 Å². The molecule has 0 aliphatic rings. The summed E-state index contributed by atoms with van der Waals surface area (Å²) in [7, 11) is 0. The number of nitro benzene ring substituents is 1. The van der Waals surface area contributed by atoms with Gasteiger partial charge < -0.3 is 10.2 Å². The molecule has 0 aliphatic carbocycles. The number of oxime groups is 1. The van der Waals surface area contributed by atoms with Crippen LogP contribution in [0.5, 0.6) is 0 Å². The zero-order valence-corrected chi connectivity index (χ0v) is 13.4. The van der Waals surface area contributed by atoms with Gasteiger partial charge in [0.2, 0.25) is 0 Å². The van der Waals surface area contributed by atoms with E-state index in [0.29, 0.717) is 5.69 Å². The molecule has 0 unspecified atom stereocenters. The fourth-order valence-corrected chi connectivity index (χ4v) is 2.02. The number of aryl methyl sites for hydroxylation is 2. The highest BCUT2D eigenvalue weighted by atomic mass is 16.6. The van der Waals surface area contributed by atoms with E-state index in [0.717, 1.165) is 22.9 Å². The minimum Gasteiger partial charge on any atom is -0.391 e. The Kier molecular flexibility index (Phi) is 5.62. The van der Waals surface area contributed by atoms with E-state index in [1.54, 1.807) is 6.07 Å². The Bertz CT molecular complexity index is 787. The third-order valence-electron chi connectivity index (χ3n) is 3.29. The Labute approximate surface area is 139 Å². The number of hydrogen-bond acceptors (Lipinski definition) is 5. The van der Waals surface area contributed by atoms with Crippen LogP contribution in [-0.2, 0) is 16.2 Å². The highest BCUT2D eigenvalue weighted by molar-refractivity contribution is 6.31. The molecule has 7 heteroatoms. The van der Waals surface area contributed by atoms with Crippen LogP contribution >= 0.6 is 0 Å². The molecular weight excluding hydrogens is 310 g/mol. The van der Waals surface area contributed by atoms with E-state index in [4.69, 9.17) is 4.84 Å². The summed E-state index contributed by atoms with van der Waals surface area (Å²) < 4.78 is 0. The fraction of sp³-hybridized carbons (Fsp3) is 0.176. The number of non-ortho nitro benzene ring substituents is 1. The molecule has 0 saturated carbocycles. The lowest BCUT2D eigenvalue weighted by Crippen LogP contribution is -2.13. The molecule has 2 aromatic carbocycles. The van der Waals surface area contributed by atoms with Gasteiger partial charge in [0.25, 0.3) is 11.6 Å². The second-order valence-corrected chi connectivity index (χ2v) is 5.23. The summed E-state index contributed by atoms with van der Waals surface area (Å²) >= 11 is 0. The van der Waals surface area contributed by atoms with Crippen molar-refractivity contribution in [3.8, 4) is 0 Å². The standard InChI is InChI=1S/C17H17N3O4/c1-12-6-7-13(2)14(8-12)11-24-18-10-17(21)19-15-4-3-5-16(9-15)20(22)23/h3-10H,11H2,1-2H3,(H,19,21)/b18-10-. The van der Waals surface area contributed by atoms with Gasteiger partial charge >= 0.3 is 0 Å². The summed E-state index contributed by atoms with van der Waals surface area (Å²) in [6, 6.07) is 11.6. The predicted molar refractivity (Wildman–Crippen MR) is 90.9 cm³/mol. The van der Waals surface area contributed by atoms with E-state index in [9.17, 15) is 14.9 Å². The second-order valence-electron chi connectivity index (χ2n) is 5.23. The van der Waals surface area contributed by atoms with Crippen LogP contribution in [0.4, 0.5) is 11.4 Å². The maximum Gasteiger partial charge on any atom is 0.271 e. The zero-order chi connectivity index (χ0) is 17.5. The molecule has 2 rings (SSSR count). The number of carbonyl (C=O) groups excluding carboxylic acids is 1. The first kappa shape index (κ1) is 17.1. The highest BCUT2D eigenvalue weighted by Gasteiger charge is 2.07. The lowest BCUT2D eigenvalue weighted by Gasteiger charge is -2.05. The van der Waals surface area contributed by atoms with Gasteiger partial charge in [0.15, 0.2) is 0 Å². The quantitative estimate of drug-likeness (QED) is 0.500. The van der Waals surface area contributed by atoms with Gasteiger partial charge in [-0.3, -0.25) is 14.9 Å². The summed E-state index contributed by atoms with van der Waals surface area (Å²) in [6.45, 7) is 4.21. The number of rotatable bonds is 6. The number of amides is 1. The van der Waals surface area contributed by atoms with Crippen LogP contribution in [-0.4, -0.2) is 17.0 Å². The minimum atomic E-state index is -0.531. The number of nitrogens with one attached hydrogen (secondary N) is 1.